The van der Waals surface area contributed by atoms with Gasteiger partial charge in [0.05, 0.1) is 5.71 Å². The minimum atomic E-state index is 0.296. The zero-order valence-electron chi connectivity index (χ0n) is 7.37. The summed E-state index contributed by atoms with van der Waals surface area (Å²) < 4.78 is 0. The highest BCUT2D eigenvalue weighted by Crippen LogP contribution is 2.26. The fourth-order valence-electron chi connectivity index (χ4n) is 1.52. The summed E-state index contributed by atoms with van der Waals surface area (Å²) in [7, 11) is 0. The fourth-order valence-corrected chi connectivity index (χ4v) is 1.72. The second-order valence-electron chi connectivity index (χ2n) is 3.07. The lowest BCUT2D eigenvalue weighted by molar-refractivity contribution is 0.756. The summed E-state index contributed by atoms with van der Waals surface area (Å²) in [4.78, 5) is 12.4. The van der Waals surface area contributed by atoms with Crippen LogP contribution in [0.2, 0.25) is 0 Å². The van der Waals surface area contributed by atoms with Gasteiger partial charge in [0.25, 0.3) is 0 Å². The van der Waals surface area contributed by atoms with Crippen LogP contribution in [-0.2, 0) is 0 Å². The van der Waals surface area contributed by atoms with Gasteiger partial charge >= 0.3 is 0 Å². The minimum Gasteiger partial charge on any atom is -0.246 e. The summed E-state index contributed by atoms with van der Waals surface area (Å²) in [5, 5.41) is 0.458. The number of fused-ring (bicyclic) bond motifs is 1. The predicted molar refractivity (Wildman–Crippen MR) is 55.7 cm³/mol. The molecule has 0 saturated carbocycles. The molecule has 0 aromatic carbocycles. The molecular formula is C9H10ClN3. The molecule has 3 nitrogen and oxygen atoms in total. The van der Waals surface area contributed by atoms with E-state index >= 15 is 0 Å². The molecule has 0 aromatic heterocycles. The molecule has 0 radical (unpaired) electrons. The molecule has 0 aliphatic carbocycles. The van der Waals surface area contributed by atoms with Crippen molar-refractivity contribution in [2.45, 2.75) is 19.8 Å². The summed E-state index contributed by atoms with van der Waals surface area (Å²) in [6, 6.07) is 0. The van der Waals surface area contributed by atoms with Gasteiger partial charge in [-0.25, -0.2) is 15.0 Å². The normalized spacial score (nSPS) is 25.1. The first-order chi connectivity index (χ1) is 6.33. The first kappa shape index (κ1) is 8.63. The average molecular weight is 196 g/mol. The maximum atomic E-state index is 5.87. The van der Waals surface area contributed by atoms with Gasteiger partial charge in [-0.1, -0.05) is 24.9 Å². The highest BCUT2D eigenvalue weighted by Gasteiger charge is 2.25. The number of rotatable bonds is 2. The highest BCUT2D eigenvalue weighted by molar-refractivity contribution is 6.35. The predicted octanol–water partition coefficient (Wildman–Crippen LogP) is 2.38. The van der Waals surface area contributed by atoms with Gasteiger partial charge in [-0.2, -0.15) is 0 Å². The van der Waals surface area contributed by atoms with Gasteiger partial charge in [0.15, 0.2) is 5.16 Å². The maximum absolute atomic E-state index is 5.87. The summed E-state index contributed by atoms with van der Waals surface area (Å²) in [5.41, 5.74) is 1.73. The van der Waals surface area contributed by atoms with E-state index in [1.165, 1.54) is 0 Å². The number of allylic oxidation sites excluding steroid dienone is 1. The van der Waals surface area contributed by atoms with E-state index in [4.69, 9.17) is 11.6 Å². The lowest BCUT2D eigenvalue weighted by Crippen LogP contribution is -2.19. The Kier molecular flexibility index (Phi) is 2.27. The van der Waals surface area contributed by atoms with Crippen molar-refractivity contribution in [2.24, 2.45) is 20.9 Å². The lowest BCUT2D eigenvalue weighted by atomic mass is 9.96. The Bertz CT molecular complexity index is 339. The van der Waals surface area contributed by atoms with Gasteiger partial charge in [0, 0.05) is 12.1 Å². The van der Waals surface area contributed by atoms with E-state index in [0.717, 1.165) is 24.3 Å². The number of hydrogen-bond donors (Lipinski definition) is 0. The molecule has 0 bridgehead atoms. The molecule has 1 unspecified atom stereocenters. The van der Waals surface area contributed by atoms with Crippen molar-refractivity contribution >= 4 is 29.9 Å². The van der Waals surface area contributed by atoms with Crippen molar-refractivity contribution in [3.63, 3.8) is 0 Å². The minimum absolute atomic E-state index is 0.296. The van der Waals surface area contributed by atoms with Crippen LogP contribution >= 0.6 is 11.6 Å². The van der Waals surface area contributed by atoms with Crippen molar-refractivity contribution in [3.8, 4) is 0 Å². The summed E-state index contributed by atoms with van der Waals surface area (Å²) in [5.74, 6) is 0.296. The van der Waals surface area contributed by atoms with E-state index < -0.39 is 0 Å². The molecule has 2 heterocycles. The number of aliphatic imine (C=N–C) groups is 3. The third-order valence-electron chi connectivity index (χ3n) is 2.14. The van der Waals surface area contributed by atoms with Crippen LogP contribution in [-0.4, -0.2) is 18.3 Å². The monoisotopic (exact) mass is 195 g/mol. The standard InChI is InChI=1S/C9H10ClN3/c1-2-3-6-4-11-9(10)8-7(6)12-5-13-8/h4-6H,2-3H2,1H3. The molecule has 0 amide bonds. The van der Waals surface area contributed by atoms with Crippen molar-refractivity contribution in [2.75, 3.05) is 0 Å². The van der Waals surface area contributed by atoms with E-state index in [2.05, 4.69) is 21.9 Å². The Morgan fingerprint density at radius 2 is 2.31 bits per heavy atom. The Morgan fingerprint density at radius 1 is 1.46 bits per heavy atom. The van der Waals surface area contributed by atoms with Crippen LogP contribution in [0.25, 0.3) is 0 Å². The highest BCUT2D eigenvalue weighted by atomic mass is 35.5. The Hall–Kier alpha value is -0.960. The molecule has 2 aliphatic rings. The topological polar surface area (TPSA) is 37.1 Å². The summed E-state index contributed by atoms with van der Waals surface area (Å²) >= 11 is 5.87. The summed E-state index contributed by atoms with van der Waals surface area (Å²) in [6.45, 7) is 2.14. The van der Waals surface area contributed by atoms with Gasteiger partial charge in [-0.05, 0) is 6.42 Å². The van der Waals surface area contributed by atoms with E-state index in [9.17, 15) is 0 Å². The van der Waals surface area contributed by atoms with Gasteiger partial charge in [-0.3, -0.25) is 0 Å². The van der Waals surface area contributed by atoms with Gasteiger partial charge in [0.1, 0.15) is 12.0 Å². The molecule has 0 saturated heterocycles. The molecule has 0 spiro atoms. The molecule has 0 fully saturated rings. The quantitative estimate of drug-likeness (QED) is 0.607. The maximum Gasteiger partial charge on any atom is 0.156 e. The van der Waals surface area contributed by atoms with Gasteiger partial charge in [-0.15, -0.1) is 0 Å². The second kappa shape index (κ2) is 3.42. The van der Waals surface area contributed by atoms with Crippen LogP contribution < -0.4 is 0 Å². The third-order valence-corrected chi connectivity index (χ3v) is 2.42. The van der Waals surface area contributed by atoms with Crippen LogP contribution in [0.3, 0.4) is 0 Å². The molecular weight excluding hydrogens is 186 g/mol. The SMILES string of the molecule is CCCC1C=NC(Cl)=C2N=CN=C21. The van der Waals surface area contributed by atoms with Crippen molar-refractivity contribution in [1.82, 2.24) is 0 Å². The number of hydrogen-bond acceptors (Lipinski definition) is 3. The molecule has 0 N–H and O–H groups in total. The van der Waals surface area contributed by atoms with Gasteiger partial charge < -0.3 is 0 Å². The van der Waals surface area contributed by atoms with Gasteiger partial charge in [0.2, 0.25) is 0 Å². The average Bonchev–Trinajstić information content (AvgIpc) is 2.59. The second-order valence-corrected chi connectivity index (χ2v) is 3.43. The van der Waals surface area contributed by atoms with E-state index in [0.29, 0.717) is 11.1 Å². The van der Waals surface area contributed by atoms with Crippen LogP contribution in [0.15, 0.2) is 25.8 Å². The third kappa shape index (κ3) is 1.44. The molecule has 4 heteroatoms. The fraction of sp³-hybridized carbons (Fsp3) is 0.444. The van der Waals surface area contributed by atoms with Crippen molar-refractivity contribution < 1.29 is 0 Å². The zero-order chi connectivity index (χ0) is 9.26. The number of halogens is 1. The lowest BCUT2D eigenvalue weighted by Gasteiger charge is -2.15. The van der Waals surface area contributed by atoms with Crippen LogP contribution in [0.4, 0.5) is 0 Å². The first-order valence-corrected chi connectivity index (χ1v) is 4.75. The molecule has 68 valence electrons. The largest absolute Gasteiger partial charge is 0.246 e. The van der Waals surface area contributed by atoms with E-state index in [1.54, 1.807) is 6.34 Å². The molecule has 2 aliphatic heterocycles. The molecule has 1 atom stereocenters. The summed E-state index contributed by atoms with van der Waals surface area (Å²) in [6.07, 6.45) is 5.58. The van der Waals surface area contributed by atoms with E-state index in [-0.39, 0.29) is 0 Å². The Labute approximate surface area is 81.9 Å². The number of nitrogens with zero attached hydrogens (tertiary/aromatic N) is 3. The molecule has 0 aromatic rings. The zero-order valence-corrected chi connectivity index (χ0v) is 8.12. The molecule has 2 rings (SSSR count). The van der Waals surface area contributed by atoms with Crippen LogP contribution in [0.1, 0.15) is 19.8 Å². The Balaban J connectivity index is 2.29. The molecule has 13 heavy (non-hydrogen) atoms. The van der Waals surface area contributed by atoms with Crippen molar-refractivity contribution in [3.05, 3.63) is 10.9 Å². The van der Waals surface area contributed by atoms with Crippen LogP contribution in [0.5, 0.6) is 0 Å². The van der Waals surface area contributed by atoms with Crippen molar-refractivity contribution in [1.29, 1.82) is 0 Å². The van der Waals surface area contributed by atoms with Crippen LogP contribution in [0, 0.1) is 5.92 Å². The van der Waals surface area contributed by atoms with E-state index in [1.807, 2.05) is 6.21 Å². The first-order valence-electron chi connectivity index (χ1n) is 4.37. The smallest absolute Gasteiger partial charge is 0.156 e. The Morgan fingerprint density at radius 3 is 3.08 bits per heavy atom.